The Labute approximate surface area is 111 Å². The summed E-state index contributed by atoms with van der Waals surface area (Å²) in [5.74, 6) is -0.273. The Hall–Kier alpha value is -0.950. The maximum Gasteiger partial charge on any atom is 0.410 e. The van der Waals surface area contributed by atoms with E-state index in [2.05, 4.69) is 4.74 Å². The zero-order valence-corrected chi connectivity index (χ0v) is 11.4. The van der Waals surface area contributed by atoms with E-state index in [-0.39, 0.29) is 25.6 Å². The lowest BCUT2D eigenvalue weighted by atomic mass is 9.97. The molecule has 1 rings (SSSR count). The van der Waals surface area contributed by atoms with E-state index in [1.165, 1.54) is 4.90 Å². The number of halogens is 2. The minimum atomic E-state index is -2.89. The molecule has 1 fully saturated rings. The van der Waals surface area contributed by atoms with Crippen LogP contribution in [0.15, 0.2) is 0 Å². The number of nitrogens with zero attached hydrogens (tertiary/aromatic N) is 1. The van der Waals surface area contributed by atoms with Crippen molar-refractivity contribution in [2.75, 3.05) is 19.7 Å². The van der Waals surface area contributed by atoms with Crippen LogP contribution in [0.4, 0.5) is 13.6 Å². The largest absolute Gasteiger partial charge is 0.444 e. The summed E-state index contributed by atoms with van der Waals surface area (Å²) in [7, 11) is 0. The molecule has 0 aromatic carbocycles. The molecule has 0 aliphatic carbocycles. The molecule has 19 heavy (non-hydrogen) atoms. The molecule has 1 amide bonds. The average Bonchev–Trinajstić information content (AvgIpc) is 2.25. The highest BCUT2D eigenvalue weighted by molar-refractivity contribution is 5.68. The van der Waals surface area contributed by atoms with Gasteiger partial charge in [0, 0.05) is 19.1 Å². The van der Waals surface area contributed by atoms with Gasteiger partial charge in [-0.3, -0.25) is 0 Å². The molecule has 1 heterocycles. The van der Waals surface area contributed by atoms with Crippen molar-refractivity contribution >= 4 is 6.09 Å². The Bertz CT molecular complexity index is 307. The molecule has 7 heteroatoms. The smallest absolute Gasteiger partial charge is 0.410 e. The van der Waals surface area contributed by atoms with Gasteiger partial charge in [0.05, 0.1) is 12.6 Å². The van der Waals surface area contributed by atoms with Crippen LogP contribution in [0.2, 0.25) is 0 Å². The second kappa shape index (κ2) is 6.47. The molecule has 112 valence electrons. The van der Waals surface area contributed by atoms with Crippen LogP contribution in [0.1, 0.15) is 27.2 Å². The van der Waals surface area contributed by atoms with Crippen LogP contribution in [-0.4, -0.2) is 54.1 Å². The number of piperidine rings is 1. The summed E-state index contributed by atoms with van der Waals surface area (Å²) in [6, 6.07) is 0. The van der Waals surface area contributed by atoms with Gasteiger partial charge in [0.1, 0.15) is 5.60 Å². The molecule has 1 N–H and O–H groups in total. The van der Waals surface area contributed by atoms with Gasteiger partial charge in [-0.05, 0) is 27.2 Å². The van der Waals surface area contributed by atoms with E-state index in [9.17, 15) is 13.6 Å². The summed E-state index contributed by atoms with van der Waals surface area (Å²) in [6.07, 6.45) is -1.05. The van der Waals surface area contributed by atoms with E-state index in [0.717, 1.165) is 0 Å². The predicted molar refractivity (Wildman–Crippen MR) is 63.9 cm³/mol. The number of likely N-dealkylation sites (tertiary alicyclic amines) is 1. The molecule has 0 saturated carbocycles. The van der Waals surface area contributed by atoms with Crippen molar-refractivity contribution in [1.29, 1.82) is 0 Å². The van der Waals surface area contributed by atoms with Gasteiger partial charge in [-0.15, -0.1) is 0 Å². The molecule has 1 aliphatic heterocycles. The van der Waals surface area contributed by atoms with Crippen LogP contribution in [-0.2, 0) is 9.47 Å². The number of ether oxygens (including phenoxy) is 2. The van der Waals surface area contributed by atoms with E-state index in [1.807, 2.05) is 0 Å². The highest BCUT2D eigenvalue weighted by atomic mass is 19.3. The molecule has 0 aromatic rings. The third-order valence-corrected chi connectivity index (χ3v) is 2.70. The van der Waals surface area contributed by atoms with Gasteiger partial charge in [-0.25, -0.2) is 4.79 Å². The number of aliphatic hydroxyl groups excluding tert-OH is 1. The second-order valence-corrected chi connectivity index (χ2v) is 5.69. The highest BCUT2D eigenvalue weighted by Gasteiger charge is 2.33. The first-order valence-electron chi connectivity index (χ1n) is 6.23. The Morgan fingerprint density at radius 2 is 2.05 bits per heavy atom. The van der Waals surface area contributed by atoms with Crippen LogP contribution >= 0.6 is 0 Å². The van der Waals surface area contributed by atoms with Gasteiger partial charge in [0.2, 0.25) is 0 Å². The second-order valence-electron chi connectivity index (χ2n) is 5.69. The number of rotatable bonds is 3. The zero-order chi connectivity index (χ0) is 14.6. The Balaban J connectivity index is 2.63. The highest BCUT2D eigenvalue weighted by Crippen LogP contribution is 2.22. The third kappa shape index (κ3) is 5.69. The van der Waals surface area contributed by atoms with Crippen LogP contribution in [0.3, 0.4) is 0 Å². The quantitative estimate of drug-likeness (QED) is 0.857. The fraction of sp³-hybridized carbons (Fsp3) is 0.917. The van der Waals surface area contributed by atoms with Crippen LogP contribution < -0.4 is 0 Å². The van der Waals surface area contributed by atoms with Crippen LogP contribution in [0, 0.1) is 5.92 Å². The number of hydrogen-bond donors (Lipinski definition) is 1. The third-order valence-electron chi connectivity index (χ3n) is 2.70. The number of carbonyl (C=O) groups is 1. The van der Waals surface area contributed by atoms with E-state index in [0.29, 0.717) is 6.42 Å². The maximum atomic E-state index is 12.2. The monoisotopic (exact) mass is 281 g/mol. The van der Waals surface area contributed by atoms with Gasteiger partial charge in [-0.1, -0.05) is 0 Å². The molecule has 2 atom stereocenters. The number of alkyl halides is 2. The van der Waals surface area contributed by atoms with Crippen molar-refractivity contribution in [3.8, 4) is 0 Å². The molecule has 1 saturated heterocycles. The lowest BCUT2D eigenvalue weighted by Crippen LogP contribution is -2.49. The maximum absolute atomic E-state index is 12.2. The molecule has 0 spiro atoms. The zero-order valence-electron chi connectivity index (χ0n) is 11.4. The summed E-state index contributed by atoms with van der Waals surface area (Å²) in [5.41, 5.74) is -0.650. The van der Waals surface area contributed by atoms with Crippen LogP contribution in [0.25, 0.3) is 0 Å². The number of aliphatic hydroxyl groups is 1. The lowest BCUT2D eigenvalue weighted by molar-refractivity contribution is -0.179. The minimum absolute atomic E-state index is 0.0513. The molecular formula is C12H21F2NO4. The van der Waals surface area contributed by atoms with Gasteiger partial charge >= 0.3 is 12.7 Å². The van der Waals surface area contributed by atoms with Crippen molar-refractivity contribution in [2.45, 2.75) is 45.5 Å². The number of carbonyl (C=O) groups excluding carboxylic acids is 1. The molecular weight excluding hydrogens is 260 g/mol. The molecule has 0 bridgehead atoms. The average molecular weight is 281 g/mol. The molecule has 0 radical (unpaired) electrons. The first kappa shape index (κ1) is 16.1. The van der Waals surface area contributed by atoms with Crippen molar-refractivity contribution in [2.24, 2.45) is 5.92 Å². The Kier molecular flexibility index (Phi) is 5.49. The summed E-state index contributed by atoms with van der Waals surface area (Å²) in [6.45, 7) is 2.46. The van der Waals surface area contributed by atoms with E-state index >= 15 is 0 Å². The minimum Gasteiger partial charge on any atom is -0.444 e. The van der Waals surface area contributed by atoms with Gasteiger partial charge in [-0.2, -0.15) is 8.78 Å². The fourth-order valence-electron chi connectivity index (χ4n) is 2.00. The van der Waals surface area contributed by atoms with E-state index in [4.69, 9.17) is 9.84 Å². The molecule has 2 unspecified atom stereocenters. The Morgan fingerprint density at radius 3 is 2.53 bits per heavy atom. The standard InChI is InChI=1S/C12H21F2NO4/c1-12(2,3)19-11(17)15-5-8(7-16)4-9(6-15)18-10(13)14/h8-10,16H,4-7H2,1-3H3. The van der Waals surface area contributed by atoms with E-state index < -0.39 is 24.4 Å². The molecule has 5 nitrogen and oxygen atoms in total. The summed E-state index contributed by atoms with van der Waals surface area (Å²) >= 11 is 0. The summed E-state index contributed by atoms with van der Waals surface area (Å²) < 4.78 is 34.1. The van der Waals surface area contributed by atoms with Gasteiger partial charge in [0.25, 0.3) is 0 Å². The fourth-order valence-corrected chi connectivity index (χ4v) is 2.00. The normalized spacial score (nSPS) is 24.7. The summed E-state index contributed by atoms with van der Waals surface area (Å²) in [4.78, 5) is 13.2. The van der Waals surface area contributed by atoms with Crippen LogP contribution in [0.5, 0.6) is 0 Å². The summed E-state index contributed by atoms with van der Waals surface area (Å²) in [5, 5.41) is 9.15. The molecule has 0 aromatic heterocycles. The van der Waals surface area contributed by atoms with E-state index in [1.54, 1.807) is 20.8 Å². The van der Waals surface area contributed by atoms with Gasteiger partial charge < -0.3 is 19.5 Å². The first-order chi connectivity index (χ1) is 8.71. The van der Waals surface area contributed by atoms with Crippen molar-refractivity contribution < 1.29 is 28.2 Å². The molecule has 1 aliphatic rings. The first-order valence-corrected chi connectivity index (χ1v) is 6.23. The topological polar surface area (TPSA) is 59.0 Å². The Morgan fingerprint density at radius 1 is 1.42 bits per heavy atom. The van der Waals surface area contributed by atoms with Crippen molar-refractivity contribution in [3.05, 3.63) is 0 Å². The predicted octanol–water partition coefficient (Wildman–Crippen LogP) is 1.84. The van der Waals surface area contributed by atoms with Crippen molar-refractivity contribution in [3.63, 3.8) is 0 Å². The lowest BCUT2D eigenvalue weighted by Gasteiger charge is -2.37. The van der Waals surface area contributed by atoms with Crippen molar-refractivity contribution in [1.82, 2.24) is 4.90 Å². The SMILES string of the molecule is CC(C)(C)OC(=O)N1CC(CO)CC(OC(F)F)C1. The van der Waals surface area contributed by atoms with Gasteiger partial charge in [0.15, 0.2) is 0 Å². The number of hydrogen-bond acceptors (Lipinski definition) is 4. The number of amides is 1.